The van der Waals surface area contributed by atoms with Gasteiger partial charge >= 0.3 is 5.97 Å². The summed E-state index contributed by atoms with van der Waals surface area (Å²) in [4.78, 5) is 29.1. The minimum absolute atomic E-state index is 0.178. The second-order valence-electron chi connectivity index (χ2n) is 9.24. The number of ether oxygens (including phenoxy) is 1. The second-order valence-corrected chi connectivity index (χ2v) is 9.24. The summed E-state index contributed by atoms with van der Waals surface area (Å²) in [6.45, 7) is 4.66. The van der Waals surface area contributed by atoms with Crippen molar-refractivity contribution in [2.75, 3.05) is 39.4 Å². The molecule has 3 heterocycles. The molecule has 1 N–H and O–H groups in total. The highest BCUT2D eigenvalue weighted by Gasteiger charge is 2.52. The van der Waals surface area contributed by atoms with E-state index in [9.17, 15) is 14.7 Å². The van der Waals surface area contributed by atoms with Gasteiger partial charge in [-0.15, -0.1) is 0 Å². The van der Waals surface area contributed by atoms with E-state index >= 15 is 0 Å². The fourth-order valence-electron chi connectivity index (χ4n) is 5.66. The van der Waals surface area contributed by atoms with E-state index in [2.05, 4.69) is 4.90 Å². The zero-order valence-corrected chi connectivity index (χ0v) is 16.4. The second kappa shape index (κ2) is 8.08. The lowest BCUT2D eigenvalue weighted by atomic mass is 9.70. The lowest BCUT2D eigenvalue weighted by molar-refractivity contribution is -0.146. The number of hydrogen-bond donors (Lipinski definition) is 1. The third kappa shape index (κ3) is 4.02. The Bertz CT molecular complexity index is 548. The Morgan fingerprint density at radius 1 is 1.07 bits per heavy atom. The van der Waals surface area contributed by atoms with Crippen LogP contribution in [0.1, 0.15) is 57.8 Å². The van der Waals surface area contributed by atoms with Crippen molar-refractivity contribution in [2.24, 2.45) is 17.3 Å². The Hall–Kier alpha value is -1.14. The number of carbonyl (C=O) groups excluding carboxylic acids is 1. The average Bonchev–Trinajstić information content (AvgIpc) is 3.01. The van der Waals surface area contributed by atoms with Crippen LogP contribution in [0.2, 0.25) is 0 Å². The van der Waals surface area contributed by atoms with E-state index in [1.807, 2.05) is 4.90 Å². The van der Waals surface area contributed by atoms with Crippen LogP contribution in [0.15, 0.2) is 0 Å². The van der Waals surface area contributed by atoms with Gasteiger partial charge in [0.1, 0.15) is 0 Å². The quantitative estimate of drug-likeness (QED) is 0.795. The SMILES string of the molecule is O=C(O)C1CN(C(=O)CCC2CCC2)CC12CCN(C1CCOCC1)CC2. The molecule has 0 radical (unpaired) electrons. The van der Waals surface area contributed by atoms with Crippen LogP contribution < -0.4 is 0 Å². The number of likely N-dealkylation sites (tertiary alicyclic amines) is 2. The minimum atomic E-state index is -0.719. The van der Waals surface area contributed by atoms with Crippen LogP contribution in [0.3, 0.4) is 0 Å². The fraction of sp³-hybridized carbons (Fsp3) is 0.905. The highest BCUT2D eigenvalue weighted by molar-refractivity contribution is 5.79. The van der Waals surface area contributed by atoms with Crippen LogP contribution in [0.4, 0.5) is 0 Å². The molecule has 1 aliphatic carbocycles. The topological polar surface area (TPSA) is 70.1 Å². The van der Waals surface area contributed by atoms with Gasteiger partial charge in [0.15, 0.2) is 0 Å². The Labute approximate surface area is 162 Å². The number of carbonyl (C=O) groups is 2. The average molecular weight is 379 g/mol. The number of hydrogen-bond acceptors (Lipinski definition) is 4. The number of carboxylic acid groups (broad SMARTS) is 1. The molecule has 152 valence electrons. The molecule has 0 aromatic heterocycles. The lowest BCUT2D eigenvalue weighted by Gasteiger charge is -2.45. The Balaban J connectivity index is 1.35. The molecule has 6 nitrogen and oxygen atoms in total. The zero-order chi connectivity index (χ0) is 18.9. The van der Waals surface area contributed by atoms with Gasteiger partial charge in [-0.3, -0.25) is 9.59 Å². The number of aliphatic carboxylic acids is 1. The standard InChI is InChI=1S/C21H34N2O4/c24-19(5-4-16-2-1-3-16)23-14-18(20(25)26)21(15-23)8-10-22(11-9-21)17-6-12-27-13-7-17/h16-18H,1-15H2,(H,25,26). The Morgan fingerprint density at radius 3 is 2.37 bits per heavy atom. The molecule has 0 aromatic rings. The van der Waals surface area contributed by atoms with Gasteiger partial charge in [-0.25, -0.2) is 0 Å². The summed E-state index contributed by atoms with van der Waals surface area (Å²) in [5.74, 6) is -0.216. The molecule has 0 aromatic carbocycles. The predicted octanol–water partition coefficient (Wildman–Crippen LogP) is 2.37. The Morgan fingerprint density at radius 2 is 1.78 bits per heavy atom. The van der Waals surface area contributed by atoms with Crippen molar-refractivity contribution in [3.63, 3.8) is 0 Å². The molecule has 6 heteroatoms. The molecule has 27 heavy (non-hydrogen) atoms. The first kappa shape index (κ1) is 19.2. The monoisotopic (exact) mass is 378 g/mol. The van der Waals surface area contributed by atoms with Gasteiger partial charge in [0.05, 0.1) is 5.92 Å². The third-order valence-electron chi connectivity index (χ3n) is 7.79. The van der Waals surface area contributed by atoms with Crippen LogP contribution in [0, 0.1) is 17.3 Å². The molecule has 4 rings (SSSR count). The van der Waals surface area contributed by atoms with Gasteiger partial charge in [-0.2, -0.15) is 0 Å². The van der Waals surface area contributed by atoms with Crippen molar-refractivity contribution in [3.05, 3.63) is 0 Å². The fourth-order valence-corrected chi connectivity index (χ4v) is 5.66. The maximum atomic E-state index is 12.7. The zero-order valence-electron chi connectivity index (χ0n) is 16.4. The number of nitrogens with zero attached hydrogens (tertiary/aromatic N) is 2. The van der Waals surface area contributed by atoms with E-state index in [0.717, 1.165) is 64.3 Å². The summed E-state index contributed by atoms with van der Waals surface area (Å²) in [5, 5.41) is 9.84. The number of carboxylic acids is 1. The molecule has 4 aliphatic rings. The summed E-state index contributed by atoms with van der Waals surface area (Å²) in [6, 6.07) is 0.584. The highest BCUT2D eigenvalue weighted by Crippen LogP contribution is 2.46. The summed E-state index contributed by atoms with van der Waals surface area (Å²) >= 11 is 0. The largest absolute Gasteiger partial charge is 0.481 e. The van der Waals surface area contributed by atoms with Crippen LogP contribution in [-0.2, 0) is 14.3 Å². The van der Waals surface area contributed by atoms with E-state index in [0.29, 0.717) is 25.6 Å². The maximum absolute atomic E-state index is 12.7. The highest BCUT2D eigenvalue weighted by atomic mass is 16.5. The van der Waals surface area contributed by atoms with Crippen molar-refractivity contribution in [3.8, 4) is 0 Å². The van der Waals surface area contributed by atoms with Crippen LogP contribution in [0.5, 0.6) is 0 Å². The number of piperidine rings is 1. The van der Waals surface area contributed by atoms with Crippen molar-refractivity contribution in [1.82, 2.24) is 9.80 Å². The van der Waals surface area contributed by atoms with Crippen molar-refractivity contribution < 1.29 is 19.4 Å². The molecule has 1 saturated carbocycles. The maximum Gasteiger partial charge on any atom is 0.308 e. The predicted molar refractivity (Wildman–Crippen MR) is 101 cm³/mol. The summed E-state index contributed by atoms with van der Waals surface area (Å²) < 4.78 is 5.48. The van der Waals surface area contributed by atoms with Gasteiger partial charge in [0, 0.05) is 44.2 Å². The first-order valence-electron chi connectivity index (χ1n) is 10.9. The molecule has 1 amide bonds. The molecular weight excluding hydrogens is 344 g/mol. The first-order valence-corrected chi connectivity index (χ1v) is 10.9. The summed E-state index contributed by atoms with van der Waals surface area (Å²) in [7, 11) is 0. The van der Waals surface area contributed by atoms with Crippen LogP contribution >= 0.6 is 0 Å². The molecule has 0 bridgehead atoms. The van der Waals surface area contributed by atoms with Crippen LogP contribution in [0.25, 0.3) is 0 Å². The first-order chi connectivity index (χ1) is 13.1. The summed E-state index contributed by atoms with van der Waals surface area (Å²) in [5.41, 5.74) is -0.223. The number of amides is 1. The van der Waals surface area contributed by atoms with E-state index in [4.69, 9.17) is 4.74 Å². The van der Waals surface area contributed by atoms with E-state index in [1.54, 1.807) is 0 Å². The number of rotatable bonds is 5. The molecule has 1 atom stereocenters. The lowest BCUT2D eigenvalue weighted by Crippen LogP contribution is -2.50. The van der Waals surface area contributed by atoms with Crippen molar-refractivity contribution in [2.45, 2.75) is 63.8 Å². The van der Waals surface area contributed by atoms with E-state index in [-0.39, 0.29) is 11.3 Å². The molecule has 1 unspecified atom stereocenters. The van der Waals surface area contributed by atoms with Crippen LogP contribution in [-0.4, -0.2) is 72.2 Å². The minimum Gasteiger partial charge on any atom is -0.481 e. The molecule has 4 fully saturated rings. The normalized spacial score (nSPS) is 29.8. The van der Waals surface area contributed by atoms with Crippen molar-refractivity contribution >= 4 is 11.9 Å². The van der Waals surface area contributed by atoms with E-state index in [1.165, 1.54) is 19.3 Å². The van der Waals surface area contributed by atoms with Gasteiger partial charge in [0.25, 0.3) is 0 Å². The van der Waals surface area contributed by atoms with Crippen molar-refractivity contribution in [1.29, 1.82) is 0 Å². The van der Waals surface area contributed by atoms with Gasteiger partial charge in [-0.1, -0.05) is 19.3 Å². The molecule has 3 aliphatic heterocycles. The summed E-state index contributed by atoms with van der Waals surface area (Å²) in [6.07, 6.45) is 9.37. The molecular formula is C21H34N2O4. The smallest absolute Gasteiger partial charge is 0.308 e. The Kier molecular flexibility index (Phi) is 5.74. The van der Waals surface area contributed by atoms with Gasteiger partial charge < -0.3 is 19.6 Å². The molecule has 1 spiro atoms. The molecule has 3 saturated heterocycles. The van der Waals surface area contributed by atoms with E-state index < -0.39 is 11.9 Å². The third-order valence-corrected chi connectivity index (χ3v) is 7.79. The van der Waals surface area contributed by atoms with Gasteiger partial charge in [-0.05, 0) is 51.1 Å². The van der Waals surface area contributed by atoms with Gasteiger partial charge in [0.2, 0.25) is 5.91 Å².